The summed E-state index contributed by atoms with van der Waals surface area (Å²) in [5.74, 6) is 0.230. The highest BCUT2D eigenvalue weighted by Crippen LogP contribution is 2.19. The zero-order valence-corrected chi connectivity index (χ0v) is 12.9. The van der Waals surface area contributed by atoms with Gasteiger partial charge in [-0.3, -0.25) is 4.79 Å². The lowest BCUT2D eigenvalue weighted by Crippen LogP contribution is -2.37. The minimum Gasteiger partial charge on any atom is -0.342 e. The summed E-state index contributed by atoms with van der Waals surface area (Å²) in [7, 11) is 0. The minimum absolute atomic E-state index is 0.230. The van der Waals surface area contributed by atoms with E-state index in [0.29, 0.717) is 6.54 Å². The Morgan fingerprint density at radius 2 is 1.95 bits per heavy atom. The van der Waals surface area contributed by atoms with Crippen molar-refractivity contribution in [3.8, 4) is 0 Å². The van der Waals surface area contributed by atoms with E-state index in [-0.39, 0.29) is 11.9 Å². The van der Waals surface area contributed by atoms with Crippen molar-refractivity contribution in [2.75, 3.05) is 19.6 Å². The normalized spacial score (nSPS) is 16.6. The fraction of sp³-hybridized carbons (Fsp3) is 0.533. The standard InChI is InChI=1S/C15H21BrN2O/c1-2-14(12-5-7-13(16)8-6-12)17-11-15(19)18-9-3-4-10-18/h5-8,14,17H,2-4,9-11H2,1H3. The summed E-state index contributed by atoms with van der Waals surface area (Å²) in [5, 5.41) is 3.38. The van der Waals surface area contributed by atoms with Crippen molar-refractivity contribution in [1.29, 1.82) is 0 Å². The van der Waals surface area contributed by atoms with Crippen LogP contribution < -0.4 is 5.32 Å². The number of hydrogen-bond acceptors (Lipinski definition) is 2. The Bertz CT molecular complexity index is 413. The maximum absolute atomic E-state index is 12.0. The fourth-order valence-corrected chi connectivity index (χ4v) is 2.75. The molecule has 0 radical (unpaired) electrons. The molecule has 0 saturated carbocycles. The summed E-state index contributed by atoms with van der Waals surface area (Å²) in [4.78, 5) is 14.0. The van der Waals surface area contributed by atoms with E-state index in [0.717, 1.165) is 36.8 Å². The number of nitrogens with zero attached hydrogens (tertiary/aromatic N) is 1. The first-order valence-electron chi connectivity index (χ1n) is 6.97. The second kappa shape index (κ2) is 7.06. The Kier molecular flexibility index (Phi) is 5.40. The van der Waals surface area contributed by atoms with Crippen molar-refractivity contribution in [1.82, 2.24) is 10.2 Å². The fourth-order valence-electron chi connectivity index (χ4n) is 2.48. The molecule has 1 aliphatic heterocycles. The quantitative estimate of drug-likeness (QED) is 0.902. The van der Waals surface area contributed by atoms with E-state index in [2.05, 4.69) is 40.3 Å². The van der Waals surface area contributed by atoms with Gasteiger partial charge in [0, 0.05) is 23.6 Å². The van der Waals surface area contributed by atoms with Gasteiger partial charge in [0.1, 0.15) is 0 Å². The van der Waals surface area contributed by atoms with Gasteiger partial charge in [-0.15, -0.1) is 0 Å². The van der Waals surface area contributed by atoms with Gasteiger partial charge < -0.3 is 10.2 Å². The predicted octanol–water partition coefficient (Wildman–Crippen LogP) is 3.11. The Balaban J connectivity index is 1.88. The van der Waals surface area contributed by atoms with Crippen LogP contribution in [0.25, 0.3) is 0 Å². The van der Waals surface area contributed by atoms with Gasteiger partial charge in [0.25, 0.3) is 0 Å². The molecule has 19 heavy (non-hydrogen) atoms. The number of rotatable bonds is 5. The highest BCUT2D eigenvalue weighted by Gasteiger charge is 2.18. The van der Waals surface area contributed by atoms with Gasteiger partial charge in [-0.2, -0.15) is 0 Å². The summed E-state index contributed by atoms with van der Waals surface area (Å²) < 4.78 is 1.08. The predicted molar refractivity (Wildman–Crippen MR) is 81.0 cm³/mol. The Hall–Kier alpha value is -0.870. The molecule has 3 nitrogen and oxygen atoms in total. The summed E-state index contributed by atoms with van der Waals surface area (Å²) in [5.41, 5.74) is 1.24. The van der Waals surface area contributed by atoms with Crippen molar-refractivity contribution in [2.24, 2.45) is 0 Å². The molecule has 1 aliphatic rings. The molecule has 1 unspecified atom stereocenters. The molecule has 1 fully saturated rings. The van der Waals surface area contributed by atoms with Crippen molar-refractivity contribution >= 4 is 21.8 Å². The zero-order chi connectivity index (χ0) is 13.7. The number of carbonyl (C=O) groups is 1. The van der Waals surface area contributed by atoms with Gasteiger partial charge in [0.05, 0.1) is 6.54 Å². The van der Waals surface area contributed by atoms with Gasteiger partial charge in [-0.1, -0.05) is 35.0 Å². The minimum atomic E-state index is 0.230. The van der Waals surface area contributed by atoms with Crippen LogP contribution >= 0.6 is 15.9 Å². The molecule has 1 atom stereocenters. The molecule has 1 saturated heterocycles. The van der Waals surface area contributed by atoms with E-state index in [4.69, 9.17) is 0 Å². The summed E-state index contributed by atoms with van der Waals surface area (Å²) in [6, 6.07) is 8.54. The van der Waals surface area contributed by atoms with Crippen LogP contribution in [0.15, 0.2) is 28.7 Å². The third-order valence-corrected chi connectivity index (χ3v) is 4.17. The van der Waals surface area contributed by atoms with Crippen LogP contribution in [0, 0.1) is 0 Å². The van der Waals surface area contributed by atoms with Crippen molar-refractivity contribution < 1.29 is 4.79 Å². The first-order valence-corrected chi connectivity index (χ1v) is 7.76. The molecule has 1 N–H and O–H groups in total. The van der Waals surface area contributed by atoms with E-state index in [1.54, 1.807) is 0 Å². The molecule has 0 spiro atoms. The monoisotopic (exact) mass is 324 g/mol. The molecule has 104 valence electrons. The van der Waals surface area contributed by atoms with Crippen LogP contribution in [0.3, 0.4) is 0 Å². The van der Waals surface area contributed by atoms with Crippen LogP contribution in [-0.4, -0.2) is 30.4 Å². The molecular formula is C15H21BrN2O. The highest BCUT2D eigenvalue weighted by molar-refractivity contribution is 9.10. The largest absolute Gasteiger partial charge is 0.342 e. The van der Waals surface area contributed by atoms with E-state index in [1.807, 2.05) is 17.0 Å². The van der Waals surface area contributed by atoms with Gasteiger partial charge in [0.2, 0.25) is 5.91 Å². The molecule has 0 bridgehead atoms. The number of hydrogen-bond donors (Lipinski definition) is 1. The Labute approximate surface area is 123 Å². The number of carbonyl (C=O) groups excluding carboxylic acids is 1. The molecule has 1 aromatic carbocycles. The molecule has 1 heterocycles. The van der Waals surface area contributed by atoms with E-state index in [9.17, 15) is 4.79 Å². The van der Waals surface area contributed by atoms with E-state index < -0.39 is 0 Å². The van der Waals surface area contributed by atoms with Gasteiger partial charge in [-0.05, 0) is 37.0 Å². The third kappa shape index (κ3) is 4.05. The van der Waals surface area contributed by atoms with E-state index in [1.165, 1.54) is 5.56 Å². The maximum Gasteiger partial charge on any atom is 0.236 e. The van der Waals surface area contributed by atoms with Crippen molar-refractivity contribution in [3.63, 3.8) is 0 Å². The number of halogens is 1. The highest BCUT2D eigenvalue weighted by atomic mass is 79.9. The summed E-state index contributed by atoms with van der Waals surface area (Å²) in [6.45, 7) is 4.43. The van der Waals surface area contributed by atoms with Gasteiger partial charge in [-0.25, -0.2) is 0 Å². The van der Waals surface area contributed by atoms with Crippen molar-refractivity contribution in [2.45, 2.75) is 32.2 Å². The number of benzene rings is 1. The lowest BCUT2D eigenvalue weighted by Gasteiger charge is -2.20. The lowest BCUT2D eigenvalue weighted by molar-refractivity contribution is -0.129. The number of likely N-dealkylation sites (tertiary alicyclic amines) is 1. The molecule has 2 rings (SSSR count). The summed E-state index contributed by atoms with van der Waals surface area (Å²) >= 11 is 3.44. The third-order valence-electron chi connectivity index (χ3n) is 3.64. The molecule has 1 amide bonds. The molecule has 4 heteroatoms. The van der Waals surface area contributed by atoms with E-state index >= 15 is 0 Å². The lowest BCUT2D eigenvalue weighted by atomic mass is 10.0. The van der Waals surface area contributed by atoms with Gasteiger partial charge >= 0.3 is 0 Å². The molecule has 1 aromatic rings. The Morgan fingerprint density at radius 3 is 2.53 bits per heavy atom. The van der Waals surface area contributed by atoms with Crippen LogP contribution in [-0.2, 0) is 4.79 Å². The smallest absolute Gasteiger partial charge is 0.236 e. The maximum atomic E-state index is 12.0. The SMILES string of the molecule is CCC(NCC(=O)N1CCCC1)c1ccc(Br)cc1. The van der Waals surface area contributed by atoms with Crippen LogP contribution in [0.1, 0.15) is 37.8 Å². The zero-order valence-electron chi connectivity index (χ0n) is 11.4. The average molecular weight is 325 g/mol. The van der Waals surface area contributed by atoms with Crippen molar-refractivity contribution in [3.05, 3.63) is 34.3 Å². The number of amides is 1. The van der Waals surface area contributed by atoms with Crippen LogP contribution in [0.4, 0.5) is 0 Å². The van der Waals surface area contributed by atoms with Crippen LogP contribution in [0.2, 0.25) is 0 Å². The average Bonchev–Trinajstić information content (AvgIpc) is 2.95. The van der Waals surface area contributed by atoms with Gasteiger partial charge in [0.15, 0.2) is 0 Å². The molecule has 0 aromatic heterocycles. The first kappa shape index (κ1) is 14.5. The first-order chi connectivity index (χ1) is 9.20. The second-order valence-electron chi connectivity index (χ2n) is 4.98. The summed E-state index contributed by atoms with van der Waals surface area (Å²) in [6.07, 6.45) is 3.28. The molecule has 0 aliphatic carbocycles. The second-order valence-corrected chi connectivity index (χ2v) is 5.90. The number of nitrogens with one attached hydrogen (secondary N) is 1. The topological polar surface area (TPSA) is 32.3 Å². The Morgan fingerprint density at radius 1 is 1.32 bits per heavy atom. The van der Waals surface area contributed by atoms with Crippen LogP contribution in [0.5, 0.6) is 0 Å². The molecular weight excluding hydrogens is 304 g/mol.